The Morgan fingerprint density at radius 1 is 1.25 bits per heavy atom. The molecule has 1 saturated heterocycles. The van der Waals surface area contributed by atoms with E-state index in [0.717, 1.165) is 6.54 Å². The Balaban J connectivity index is 1.91. The largest absolute Gasteiger partial charge is 0.396 e. The highest BCUT2D eigenvalue weighted by atomic mass is 15.1. The van der Waals surface area contributed by atoms with Crippen molar-refractivity contribution in [2.24, 2.45) is 5.73 Å². The Labute approximate surface area is 96.2 Å². The van der Waals surface area contributed by atoms with Crippen molar-refractivity contribution in [1.82, 2.24) is 14.9 Å². The topological polar surface area (TPSA) is 55.0 Å². The highest BCUT2D eigenvalue weighted by Crippen LogP contribution is 2.09. The minimum atomic E-state index is 0.625. The molecular formula is C12H18N4. The third kappa shape index (κ3) is 3.03. The lowest BCUT2D eigenvalue weighted by atomic mass is 10.1. The van der Waals surface area contributed by atoms with E-state index in [2.05, 4.69) is 14.9 Å². The minimum Gasteiger partial charge on any atom is -0.396 e. The van der Waals surface area contributed by atoms with Crippen LogP contribution in [0.5, 0.6) is 0 Å². The molecule has 2 rings (SSSR count). The van der Waals surface area contributed by atoms with Crippen LogP contribution in [0.15, 0.2) is 24.5 Å². The molecular weight excluding hydrogens is 200 g/mol. The molecule has 16 heavy (non-hydrogen) atoms. The molecule has 1 aliphatic heterocycles. The summed E-state index contributed by atoms with van der Waals surface area (Å²) in [6.07, 6.45) is 9.40. The standard InChI is InChI=1S/C12H18N4/c13-11(12-14-6-4-7-15-12)5-10-16-8-2-1-3-9-16/h4-7H,1-3,8-10,13H2. The lowest BCUT2D eigenvalue weighted by molar-refractivity contribution is 0.251. The van der Waals surface area contributed by atoms with Crippen molar-refractivity contribution in [2.45, 2.75) is 19.3 Å². The lowest BCUT2D eigenvalue weighted by Crippen LogP contribution is -2.30. The molecule has 1 aliphatic rings. The fourth-order valence-electron chi connectivity index (χ4n) is 1.91. The first-order valence-corrected chi connectivity index (χ1v) is 5.81. The van der Waals surface area contributed by atoms with E-state index >= 15 is 0 Å². The van der Waals surface area contributed by atoms with Gasteiger partial charge in [0.2, 0.25) is 0 Å². The van der Waals surface area contributed by atoms with E-state index in [4.69, 9.17) is 5.73 Å². The third-order valence-electron chi connectivity index (χ3n) is 2.84. The zero-order chi connectivity index (χ0) is 11.2. The Morgan fingerprint density at radius 2 is 1.94 bits per heavy atom. The number of piperidine rings is 1. The molecule has 86 valence electrons. The number of hydrogen-bond donors (Lipinski definition) is 1. The number of rotatable bonds is 3. The summed E-state index contributed by atoms with van der Waals surface area (Å²) in [7, 11) is 0. The van der Waals surface area contributed by atoms with Crippen LogP contribution in [0.3, 0.4) is 0 Å². The van der Waals surface area contributed by atoms with Crippen molar-refractivity contribution in [3.8, 4) is 0 Å². The van der Waals surface area contributed by atoms with Gasteiger partial charge < -0.3 is 5.73 Å². The summed E-state index contributed by atoms with van der Waals surface area (Å²) in [6, 6.07) is 1.79. The quantitative estimate of drug-likeness (QED) is 0.830. The predicted molar refractivity (Wildman–Crippen MR) is 64.5 cm³/mol. The molecule has 0 radical (unpaired) electrons. The van der Waals surface area contributed by atoms with Crippen LogP contribution in [-0.2, 0) is 0 Å². The van der Waals surface area contributed by atoms with E-state index in [1.807, 2.05) is 6.08 Å². The SMILES string of the molecule is NC(=CCN1CCCCC1)c1ncccn1. The Morgan fingerprint density at radius 3 is 2.62 bits per heavy atom. The zero-order valence-electron chi connectivity index (χ0n) is 9.47. The van der Waals surface area contributed by atoms with Gasteiger partial charge in [-0.1, -0.05) is 6.42 Å². The molecule has 0 aliphatic carbocycles. The van der Waals surface area contributed by atoms with Crippen LogP contribution in [0.1, 0.15) is 25.1 Å². The van der Waals surface area contributed by atoms with Crippen LogP contribution in [0.25, 0.3) is 5.70 Å². The van der Waals surface area contributed by atoms with E-state index in [9.17, 15) is 0 Å². The normalized spacial score (nSPS) is 18.6. The second-order valence-electron chi connectivity index (χ2n) is 4.09. The molecule has 4 heteroatoms. The highest BCUT2D eigenvalue weighted by molar-refractivity contribution is 5.55. The Kier molecular flexibility index (Phi) is 3.88. The Bertz CT molecular complexity index is 341. The second kappa shape index (κ2) is 5.61. The molecule has 0 unspecified atom stereocenters. The molecule has 0 saturated carbocycles. The van der Waals surface area contributed by atoms with Gasteiger partial charge >= 0.3 is 0 Å². The first-order valence-electron chi connectivity index (χ1n) is 5.81. The smallest absolute Gasteiger partial charge is 0.175 e. The fraction of sp³-hybridized carbons (Fsp3) is 0.500. The summed E-state index contributed by atoms with van der Waals surface area (Å²) < 4.78 is 0. The highest BCUT2D eigenvalue weighted by Gasteiger charge is 2.08. The van der Waals surface area contributed by atoms with Crippen LogP contribution in [0, 0.1) is 0 Å². The fourth-order valence-corrected chi connectivity index (χ4v) is 1.91. The van der Waals surface area contributed by atoms with Crippen molar-refractivity contribution >= 4 is 5.70 Å². The van der Waals surface area contributed by atoms with E-state index < -0.39 is 0 Å². The molecule has 2 N–H and O–H groups in total. The molecule has 0 amide bonds. The van der Waals surface area contributed by atoms with Gasteiger partial charge in [-0.15, -0.1) is 0 Å². The third-order valence-corrected chi connectivity index (χ3v) is 2.84. The van der Waals surface area contributed by atoms with Gasteiger partial charge in [-0.25, -0.2) is 9.97 Å². The molecule has 1 aromatic heterocycles. The molecule has 0 aromatic carbocycles. The minimum absolute atomic E-state index is 0.625. The van der Waals surface area contributed by atoms with Gasteiger partial charge in [0.25, 0.3) is 0 Å². The lowest BCUT2D eigenvalue weighted by Gasteiger charge is -2.25. The maximum absolute atomic E-state index is 5.92. The van der Waals surface area contributed by atoms with E-state index in [1.54, 1.807) is 18.5 Å². The first kappa shape index (κ1) is 11.1. The monoisotopic (exact) mass is 218 g/mol. The molecule has 0 spiro atoms. The van der Waals surface area contributed by atoms with Crippen LogP contribution in [0.4, 0.5) is 0 Å². The van der Waals surface area contributed by atoms with E-state index in [-0.39, 0.29) is 0 Å². The molecule has 0 bridgehead atoms. The number of hydrogen-bond acceptors (Lipinski definition) is 4. The maximum atomic E-state index is 5.92. The Hall–Kier alpha value is -1.42. The number of nitrogens with zero attached hydrogens (tertiary/aromatic N) is 3. The van der Waals surface area contributed by atoms with Gasteiger partial charge in [0, 0.05) is 18.9 Å². The molecule has 2 heterocycles. The number of likely N-dealkylation sites (tertiary alicyclic amines) is 1. The number of aromatic nitrogens is 2. The van der Waals surface area contributed by atoms with E-state index in [0.29, 0.717) is 11.5 Å². The van der Waals surface area contributed by atoms with Gasteiger partial charge in [0.05, 0.1) is 5.70 Å². The molecule has 1 aromatic rings. The first-order chi connectivity index (χ1) is 7.86. The van der Waals surface area contributed by atoms with Crippen molar-refractivity contribution in [3.63, 3.8) is 0 Å². The molecule has 4 nitrogen and oxygen atoms in total. The molecule has 0 atom stereocenters. The predicted octanol–water partition coefficient (Wildman–Crippen LogP) is 1.26. The summed E-state index contributed by atoms with van der Waals surface area (Å²) in [4.78, 5) is 10.7. The second-order valence-corrected chi connectivity index (χ2v) is 4.09. The van der Waals surface area contributed by atoms with Crippen molar-refractivity contribution in [2.75, 3.05) is 19.6 Å². The summed E-state index contributed by atoms with van der Waals surface area (Å²) >= 11 is 0. The average molecular weight is 218 g/mol. The van der Waals surface area contributed by atoms with Crippen molar-refractivity contribution in [3.05, 3.63) is 30.4 Å². The van der Waals surface area contributed by atoms with Gasteiger partial charge in [-0.05, 0) is 38.1 Å². The molecule has 1 fully saturated rings. The summed E-state index contributed by atoms with van der Waals surface area (Å²) in [5, 5.41) is 0. The van der Waals surface area contributed by atoms with Crippen LogP contribution < -0.4 is 5.73 Å². The summed E-state index contributed by atoms with van der Waals surface area (Å²) in [6.45, 7) is 3.27. The zero-order valence-corrected chi connectivity index (χ0v) is 9.47. The van der Waals surface area contributed by atoms with E-state index in [1.165, 1.54) is 32.4 Å². The van der Waals surface area contributed by atoms with Gasteiger partial charge in [-0.3, -0.25) is 4.90 Å². The van der Waals surface area contributed by atoms with Crippen LogP contribution in [0.2, 0.25) is 0 Å². The average Bonchev–Trinajstić information content (AvgIpc) is 2.38. The van der Waals surface area contributed by atoms with Gasteiger partial charge in [0.15, 0.2) is 5.82 Å². The van der Waals surface area contributed by atoms with Crippen LogP contribution >= 0.6 is 0 Å². The van der Waals surface area contributed by atoms with Gasteiger partial charge in [-0.2, -0.15) is 0 Å². The summed E-state index contributed by atoms with van der Waals surface area (Å²) in [5.74, 6) is 0.625. The maximum Gasteiger partial charge on any atom is 0.175 e. The van der Waals surface area contributed by atoms with Crippen molar-refractivity contribution in [1.29, 1.82) is 0 Å². The number of nitrogens with two attached hydrogens (primary N) is 1. The van der Waals surface area contributed by atoms with Crippen molar-refractivity contribution < 1.29 is 0 Å². The summed E-state index contributed by atoms with van der Waals surface area (Å²) in [5.41, 5.74) is 6.59. The van der Waals surface area contributed by atoms with Gasteiger partial charge in [0.1, 0.15) is 0 Å². The van der Waals surface area contributed by atoms with Crippen LogP contribution in [-0.4, -0.2) is 34.5 Å².